The summed E-state index contributed by atoms with van der Waals surface area (Å²) in [6.07, 6.45) is 2.30. The van der Waals surface area contributed by atoms with Crippen molar-refractivity contribution in [3.8, 4) is 0 Å². The van der Waals surface area contributed by atoms with Gasteiger partial charge in [0.25, 0.3) is 0 Å². The molecule has 0 amide bonds. The summed E-state index contributed by atoms with van der Waals surface area (Å²) in [5.74, 6) is 0.801. The molecule has 0 spiro atoms. The average molecular weight is 266 g/mol. The van der Waals surface area contributed by atoms with Crippen LogP contribution in [0.3, 0.4) is 0 Å². The van der Waals surface area contributed by atoms with Gasteiger partial charge >= 0.3 is 5.69 Å². The summed E-state index contributed by atoms with van der Waals surface area (Å²) in [6, 6.07) is 0. The maximum absolute atomic E-state index is 11.3. The third-order valence-corrected chi connectivity index (χ3v) is 3.62. The highest BCUT2D eigenvalue weighted by molar-refractivity contribution is 7.99. The highest BCUT2D eigenvalue weighted by atomic mass is 32.2. The number of nitrogens with one attached hydrogen (secondary N) is 2. The molecule has 18 heavy (non-hydrogen) atoms. The Morgan fingerprint density at radius 2 is 2.28 bits per heavy atom. The van der Waals surface area contributed by atoms with Crippen LogP contribution in [0.5, 0.6) is 0 Å². The summed E-state index contributed by atoms with van der Waals surface area (Å²) in [5.41, 5.74) is 0.777. The van der Waals surface area contributed by atoms with Crippen LogP contribution in [0.2, 0.25) is 0 Å². The van der Waals surface area contributed by atoms with Crippen LogP contribution in [0, 0.1) is 0 Å². The molecule has 0 saturated carbocycles. The predicted molar refractivity (Wildman–Crippen MR) is 68.9 cm³/mol. The molecule has 2 heterocycles. The molecule has 7 nitrogen and oxygen atoms in total. The minimum Gasteiger partial charge on any atom is -0.373 e. The number of anilines is 1. The molecule has 0 radical (unpaired) electrons. The summed E-state index contributed by atoms with van der Waals surface area (Å²) in [4.78, 5) is 19.7. The van der Waals surface area contributed by atoms with Crippen molar-refractivity contribution in [2.75, 3.05) is 12.4 Å². The van der Waals surface area contributed by atoms with Crippen molar-refractivity contribution in [1.29, 1.82) is 0 Å². The van der Waals surface area contributed by atoms with E-state index < -0.39 is 0 Å². The van der Waals surface area contributed by atoms with Gasteiger partial charge in [0.05, 0.1) is 0 Å². The van der Waals surface area contributed by atoms with E-state index in [1.807, 2.05) is 14.0 Å². The van der Waals surface area contributed by atoms with Gasteiger partial charge in [-0.1, -0.05) is 6.92 Å². The summed E-state index contributed by atoms with van der Waals surface area (Å²) in [5, 5.41) is 10.8. The van der Waals surface area contributed by atoms with Gasteiger partial charge in [-0.05, 0) is 18.2 Å². The number of aromatic amines is 1. The Kier molecular flexibility index (Phi) is 3.66. The highest BCUT2D eigenvalue weighted by Crippen LogP contribution is 2.29. The lowest BCUT2D eigenvalue weighted by molar-refractivity contribution is 0.763. The number of rotatable bonds is 4. The first-order valence-electron chi connectivity index (χ1n) is 5.48. The van der Waals surface area contributed by atoms with E-state index in [0.717, 1.165) is 22.8 Å². The molecule has 0 unspecified atom stereocenters. The van der Waals surface area contributed by atoms with Gasteiger partial charge in [0.1, 0.15) is 17.2 Å². The van der Waals surface area contributed by atoms with Crippen LogP contribution in [0.4, 0.5) is 5.82 Å². The van der Waals surface area contributed by atoms with Crippen LogP contribution in [0.15, 0.2) is 21.3 Å². The SMILES string of the molecule is CCc1c(NC)ncnc1Sc1n[nH]c(=O)n1C. The second kappa shape index (κ2) is 5.21. The molecule has 0 aromatic carbocycles. The van der Waals surface area contributed by atoms with Crippen molar-refractivity contribution in [2.24, 2.45) is 7.05 Å². The molecular weight excluding hydrogens is 252 g/mol. The first kappa shape index (κ1) is 12.6. The smallest absolute Gasteiger partial charge is 0.343 e. The molecule has 0 bridgehead atoms. The van der Waals surface area contributed by atoms with Crippen molar-refractivity contribution in [3.05, 3.63) is 22.4 Å². The predicted octanol–water partition coefficient (Wildman–Crippen LogP) is 0.654. The van der Waals surface area contributed by atoms with Crippen molar-refractivity contribution in [3.63, 3.8) is 0 Å². The van der Waals surface area contributed by atoms with Gasteiger partial charge in [-0.25, -0.2) is 19.9 Å². The summed E-state index contributed by atoms with van der Waals surface area (Å²) < 4.78 is 1.45. The van der Waals surface area contributed by atoms with Crippen LogP contribution >= 0.6 is 11.8 Å². The van der Waals surface area contributed by atoms with Crippen LogP contribution in [-0.2, 0) is 13.5 Å². The first-order valence-corrected chi connectivity index (χ1v) is 6.29. The molecule has 2 aromatic heterocycles. The zero-order chi connectivity index (χ0) is 13.1. The Labute approximate surface area is 108 Å². The Bertz CT molecular complexity index is 605. The maximum atomic E-state index is 11.3. The van der Waals surface area contributed by atoms with E-state index in [1.54, 1.807) is 7.05 Å². The molecule has 0 fully saturated rings. The van der Waals surface area contributed by atoms with Gasteiger partial charge in [0.15, 0.2) is 5.16 Å². The Morgan fingerprint density at radius 1 is 1.50 bits per heavy atom. The van der Waals surface area contributed by atoms with Crippen LogP contribution in [-0.4, -0.2) is 31.8 Å². The van der Waals surface area contributed by atoms with E-state index >= 15 is 0 Å². The maximum Gasteiger partial charge on any atom is 0.343 e. The van der Waals surface area contributed by atoms with E-state index in [2.05, 4.69) is 25.5 Å². The normalized spacial score (nSPS) is 10.6. The van der Waals surface area contributed by atoms with Crippen LogP contribution < -0.4 is 11.0 Å². The zero-order valence-corrected chi connectivity index (χ0v) is 11.2. The molecule has 2 rings (SSSR count). The molecule has 2 aromatic rings. The van der Waals surface area contributed by atoms with Gasteiger partial charge in [-0.2, -0.15) is 0 Å². The number of H-pyrrole nitrogens is 1. The van der Waals surface area contributed by atoms with Crippen LogP contribution in [0.25, 0.3) is 0 Å². The molecular formula is C10H14N6OS. The molecule has 0 saturated heterocycles. The van der Waals surface area contributed by atoms with Crippen molar-refractivity contribution in [2.45, 2.75) is 23.5 Å². The fraction of sp³-hybridized carbons (Fsp3) is 0.400. The summed E-state index contributed by atoms with van der Waals surface area (Å²) in [6.45, 7) is 2.03. The number of hydrogen-bond donors (Lipinski definition) is 2. The largest absolute Gasteiger partial charge is 0.373 e. The minimum atomic E-state index is -0.238. The lowest BCUT2D eigenvalue weighted by Crippen LogP contribution is -2.13. The number of aromatic nitrogens is 5. The van der Waals surface area contributed by atoms with Crippen molar-refractivity contribution >= 4 is 17.6 Å². The second-order valence-electron chi connectivity index (χ2n) is 3.58. The Hall–Kier alpha value is -1.83. The van der Waals surface area contributed by atoms with Gasteiger partial charge < -0.3 is 5.32 Å². The van der Waals surface area contributed by atoms with E-state index in [0.29, 0.717) is 5.16 Å². The standard InChI is InChI=1S/C10H14N6OS/c1-4-6-7(11-2)12-5-13-8(6)18-10-15-14-9(17)16(10)3/h5H,4H2,1-3H3,(H,14,17)(H,11,12,13). The molecule has 0 atom stereocenters. The third-order valence-electron chi connectivity index (χ3n) is 2.52. The highest BCUT2D eigenvalue weighted by Gasteiger charge is 2.13. The molecule has 96 valence electrons. The van der Waals surface area contributed by atoms with Gasteiger partial charge in [-0.3, -0.25) is 4.57 Å². The summed E-state index contributed by atoms with van der Waals surface area (Å²) in [7, 11) is 3.49. The minimum absolute atomic E-state index is 0.238. The zero-order valence-electron chi connectivity index (χ0n) is 10.4. The van der Waals surface area contributed by atoms with Gasteiger partial charge in [0, 0.05) is 19.7 Å². The monoisotopic (exact) mass is 266 g/mol. The van der Waals surface area contributed by atoms with E-state index in [1.165, 1.54) is 22.7 Å². The van der Waals surface area contributed by atoms with Crippen molar-refractivity contribution < 1.29 is 0 Å². The molecule has 2 N–H and O–H groups in total. The third kappa shape index (κ3) is 2.23. The summed E-state index contributed by atoms with van der Waals surface area (Å²) >= 11 is 1.35. The van der Waals surface area contributed by atoms with E-state index in [9.17, 15) is 4.79 Å². The molecule has 0 aliphatic heterocycles. The Morgan fingerprint density at radius 3 is 2.83 bits per heavy atom. The van der Waals surface area contributed by atoms with Gasteiger partial charge in [0.2, 0.25) is 0 Å². The lowest BCUT2D eigenvalue weighted by atomic mass is 10.2. The Balaban J connectivity index is 2.40. The molecule has 8 heteroatoms. The average Bonchev–Trinajstić information content (AvgIpc) is 2.70. The number of nitrogens with zero attached hydrogens (tertiary/aromatic N) is 4. The fourth-order valence-electron chi connectivity index (χ4n) is 1.53. The van der Waals surface area contributed by atoms with E-state index in [4.69, 9.17) is 0 Å². The lowest BCUT2D eigenvalue weighted by Gasteiger charge is -2.09. The quantitative estimate of drug-likeness (QED) is 0.790. The fourth-order valence-corrected chi connectivity index (χ4v) is 2.48. The second-order valence-corrected chi connectivity index (χ2v) is 4.54. The van der Waals surface area contributed by atoms with Crippen LogP contribution in [0.1, 0.15) is 12.5 Å². The molecule has 0 aliphatic carbocycles. The topological polar surface area (TPSA) is 88.5 Å². The molecule has 0 aliphatic rings. The van der Waals surface area contributed by atoms with Gasteiger partial charge in [-0.15, -0.1) is 5.10 Å². The van der Waals surface area contributed by atoms with Crippen molar-refractivity contribution in [1.82, 2.24) is 24.7 Å². The first-order chi connectivity index (χ1) is 8.67. The van der Waals surface area contributed by atoms with E-state index in [-0.39, 0.29) is 5.69 Å². The number of hydrogen-bond acceptors (Lipinski definition) is 6.